The van der Waals surface area contributed by atoms with Gasteiger partial charge in [0.1, 0.15) is 5.75 Å². The SMILES string of the molecule is O=c1ccc2c([C@@H](O)CN=C3Cc4c(c(O)n(CC5CCCCC5)c4O)C3)ccc(O)c2[nH]1. The highest BCUT2D eigenvalue weighted by Crippen LogP contribution is 2.40. The first kappa shape index (κ1) is 21.6. The summed E-state index contributed by atoms with van der Waals surface area (Å²) >= 11 is 0. The third-order valence-electron chi connectivity index (χ3n) is 7.10. The summed E-state index contributed by atoms with van der Waals surface area (Å²) in [4.78, 5) is 18.8. The number of phenols is 1. The molecule has 1 aromatic carbocycles. The Morgan fingerprint density at radius 1 is 1.00 bits per heavy atom. The number of hydrogen-bond donors (Lipinski definition) is 5. The summed E-state index contributed by atoms with van der Waals surface area (Å²) in [6.45, 7) is 0.744. The van der Waals surface area contributed by atoms with Crippen LogP contribution in [0.4, 0.5) is 0 Å². The van der Waals surface area contributed by atoms with E-state index >= 15 is 0 Å². The number of fused-ring (bicyclic) bond motifs is 2. The van der Waals surface area contributed by atoms with Gasteiger partial charge in [-0.2, -0.15) is 0 Å². The van der Waals surface area contributed by atoms with Crippen molar-refractivity contribution in [3.8, 4) is 17.5 Å². The summed E-state index contributed by atoms with van der Waals surface area (Å²) in [7, 11) is 0. The molecule has 0 saturated heterocycles. The smallest absolute Gasteiger partial charge is 0.248 e. The van der Waals surface area contributed by atoms with Gasteiger partial charge in [0, 0.05) is 47.7 Å². The standard InChI is InChI=1S/C25H29N3O5/c29-20-8-6-16(17-7-9-22(31)27-23(17)20)21(30)12-26-15-10-18-19(11-15)25(33)28(24(18)32)13-14-4-2-1-3-5-14/h6-9,14,21,29-30,32-33H,1-5,10-13H2,(H,27,31)/t21-/m0/s1. The second-order valence-electron chi connectivity index (χ2n) is 9.28. The van der Waals surface area contributed by atoms with Crippen LogP contribution in [0.15, 0.2) is 34.1 Å². The zero-order valence-electron chi connectivity index (χ0n) is 18.4. The van der Waals surface area contributed by atoms with Gasteiger partial charge in [0.2, 0.25) is 5.56 Å². The maximum Gasteiger partial charge on any atom is 0.248 e. The minimum Gasteiger partial charge on any atom is -0.506 e. The van der Waals surface area contributed by atoms with E-state index in [-0.39, 0.29) is 35.1 Å². The summed E-state index contributed by atoms with van der Waals surface area (Å²) < 4.78 is 1.65. The van der Waals surface area contributed by atoms with E-state index in [2.05, 4.69) is 9.98 Å². The Labute approximate surface area is 190 Å². The van der Waals surface area contributed by atoms with Crippen LogP contribution in [0, 0.1) is 5.92 Å². The highest BCUT2D eigenvalue weighted by molar-refractivity contribution is 5.94. The second-order valence-corrected chi connectivity index (χ2v) is 9.28. The van der Waals surface area contributed by atoms with E-state index in [4.69, 9.17) is 0 Å². The Kier molecular flexibility index (Phi) is 5.62. The van der Waals surface area contributed by atoms with E-state index in [1.807, 2.05) is 0 Å². The van der Waals surface area contributed by atoms with Crippen LogP contribution in [0.2, 0.25) is 0 Å². The number of aliphatic imine (C=N–C) groups is 1. The van der Waals surface area contributed by atoms with Crippen molar-refractivity contribution < 1.29 is 20.4 Å². The number of pyridine rings is 1. The quantitative estimate of drug-likeness (QED) is 0.406. The maximum atomic E-state index is 11.6. The number of aromatic hydroxyl groups is 3. The number of aliphatic hydroxyl groups excluding tert-OH is 1. The molecule has 2 aliphatic rings. The lowest BCUT2D eigenvalue weighted by atomic mass is 9.89. The number of benzene rings is 1. The molecule has 2 aliphatic carbocycles. The van der Waals surface area contributed by atoms with Crippen molar-refractivity contribution in [2.24, 2.45) is 10.9 Å². The number of H-pyrrole nitrogens is 1. The van der Waals surface area contributed by atoms with E-state index in [9.17, 15) is 25.2 Å². The topological polar surface area (TPSA) is 131 Å². The normalized spacial score (nSPS) is 17.4. The molecule has 3 aromatic rings. The fourth-order valence-corrected chi connectivity index (χ4v) is 5.31. The minimum absolute atomic E-state index is 0.0591. The number of phenolic OH excluding ortho intramolecular Hbond substituents is 1. The zero-order chi connectivity index (χ0) is 23.1. The lowest BCUT2D eigenvalue weighted by Gasteiger charge is -2.22. The van der Waals surface area contributed by atoms with Crippen LogP contribution >= 0.6 is 0 Å². The Hall–Kier alpha value is -3.26. The zero-order valence-corrected chi connectivity index (χ0v) is 18.4. The highest BCUT2D eigenvalue weighted by atomic mass is 16.3. The molecule has 0 unspecified atom stereocenters. The highest BCUT2D eigenvalue weighted by Gasteiger charge is 2.30. The summed E-state index contributed by atoms with van der Waals surface area (Å²) in [6, 6.07) is 5.99. The molecule has 174 valence electrons. The average Bonchev–Trinajstić information content (AvgIpc) is 3.33. The van der Waals surface area contributed by atoms with Gasteiger partial charge in [-0.1, -0.05) is 25.3 Å². The van der Waals surface area contributed by atoms with Gasteiger partial charge in [0.05, 0.1) is 18.2 Å². The Bertz CT molecular complexity index is 1250. The van der Waals surface area contributed by atoms with Gasteiger partial charge in [0.25, 0.3) is 0 Å². The van der Waals surface area contributed by atoms with E-state index < -0.39 is 6.10 Å². The maximum absolute atomic E-state index is 11.6. The van der Waals surface area contributed by atoms with Gasteiger partial charge < -0.3 is 25.4 Å². The van der Waals surface area contributed by atoms with Crippen LogP contribution < -0.4 is 5.56 Å². The molecule has 1 fully saturated rings. The largest absolute Gasteiger partial charge is 0.506 e. The Morgan fingerprint density at radius 3 is 2.39 bits per heavy atom. The number of aromatic amines is 1. The van der Waals surface area contributed by atoms with Crippen LogP contribution in [0.1, 0.15) is 54.9 Å². The van der Waals surface area contributed by atoms with Crippen molar-refractivity contribution >= 4 is 16.6 Å². The number of hydrogen-bond acceptors (Lipinski definition) is 6. The van der Waals surface area contributed by atoms with E-state index in [1.54, 1.807) is 16.7 Å². The van der Waals surface area contributed by atoms with Crippen molar-refractivity contribution in [2.75, 3.05) is 6.54 Å². The molecule has 2 heterocycles. The van der Waals surface area contributed by atoms with Crippen LogP contribution in [0.5, 0.6) is 17.5 Å². The molecule has 1 atom stereocenters. The van der Waals surface area contributed by atoms with Crippen molar-refractivity contribution in [1.82, 2.24) is 9.55 Å². The molecule has 8 nitrogen and oxygen atoms in total. The monoisotopic (exact) mass is 451 g/mol. The molecule has 33 heavy (non-hydrogen) atoms. The third-order valence-corrected chi connectivity index (χ3v) is 7.10. The van der Waals surface area contributed by atoms with Crippen LogP contribution in [0.3, 0.4) is 0 Å². The molecule has 2 aromatic heterocycles. The first-order valence-electron chi connectivity index (χ1n) is 11.6. The molecule has 0 bridgehead atoms. The van der Waals surface area contributed by atoms with Crippen molar-refractivity contribution in [1.29, 1.82) is 0 Å². The predicted octanol–water partition coefficient (Wildman–Crippen LogP) is 3.30. The van der Waals surface area contributed by atoms with E-state index in [1.165, 1.54) is 31.4 Å². The van der Waals surface area contributed by atoms with Crippen LogP contribution in [-0.4, -0.2) is 42.2 Å². The minimum atomic E-state index is -0.931. The van der Waals surface area contributed by atoms with E-state index in [0.717, 1.165) is 29.7 Å². The third kappa shape index (κ3) is 3.99. The molecule has 0 spiro atoms. The first-order chi connectivity index (χ1) is 15.9. The summed E-state index contributed by atoms with van der Waals surface area (Å²) in [5, 5.41) is 42.8. The van der Waals surface area contributed by atoms with Crippen LogP contribution in [-0.2, 0) is 19.4 Å². The van der Waals surface area contributed by atoms with Gasteiger partial charge in [0.15, 0.2) is 11.8 Å². The predicted molar refractivity (Wildman–Crippen MR) is 125 cm³/mol. The molecule has 0 radical (unpaired) electrons. The molecule has 5 rings (SSSR count). The molecule has 8 heteroatoms. The summed E-state index contributed by atoms with van der Waals surface area (Å²) in [5.74, 6) is 0.692. The van der Waals surface area contributed by atoms with Crippen molar-refractivity contribution in [2.45, 2.75) is 57.6 Å². The molecule has 0 amide bonds. The average molecular weight is 452 g/mol. The number of rotatable bonds is 5. The first-order valence-corrected chi connectivity index (χ1v) is 11.6. The van der Waals surface area contributed by atoms with Crippen LogP contribution in [0.25, 0.3) is 10.9 Å². The van der Waals surface area contributed by atoms with Crippen molar-refractivity contribution in [3.63, 3.8) is 0 Å². The lowest BCUT2D eigenvalue weighted by Crippen LogP contribution is -2.14. The molecular weight excluding hydrogens is 422 g/mol. The van der Waals surface area contributed by atoms with Gasteiger partial charge in [-0.25, -0.2) is 0 Å². The van der Waals surface area contributed by atoms with Crippen molar-refractivity contribution in [3.05, 3.63) is 51.3 Å². The molecule has 0 aliphatic heterocycles. The molecular formula is C25H29N3O5. The Balaban J connectivity index is 1.32. The van der Waals surface area contributed by atoms with Gasteiger partial charge in [-0.3, -0.25) is 14.4 Å². The molecule has 1 saturated carbocycles. The number of nitrogens with one attached hydrogen (secondary N) is 1. The summed E-state index contributed by atoms with van der Waals surface area (Å²) in [6.07, 6.45) is 5.90. The Morgan fingerprint density at radius 2 is 1.70 bits per heavy atom. The molecule has 5 N–H and O–H groups in total. The number of nitrogens with zero attached hydrogens (tertiary/aromatic N) is 2. The number of aliphatic hydroxyl groups is 1. The van der Waals surface area contributed by atoms with Gasteiger partial charge in [-0.15, -0.1) is 0 Å². The van der Waals surface area contributed by atoms with Gasteiger partial charge >= 0.3 is 0 Å². The lowest BCUT2D eigenvalue weighted by molar-refractivity contribution is 0.188. The fourth-order valence-electron chi connectivity index (χ4n) is 5.31. The number of aromatic nitrogens is 2. The fraction of sp³-hybridized carbons (Fsp3) is 0.440. The summed E-state index contributed by atoms with van der Waals surface area (Å²) in [5.41, 5.74) is 2.76. The van der Waals surface area contributed by atoms with Gasteiger partial charge in [-0.05, 0) is 36.5 Å². The second kappa shape index (κ2) is 8.59. The van der Waals surface area contributed by atoms with E-state index in [0.29, 0.717) is 36.3 Å².